The Labute approximate surface area is 179 Å². The summed E-state index contributed by atoms with van der Waals surface area (Å²) >= 11 is 0. The van der Waals surface area contributed by atoms with E-state index in [1.165, 1.54) is 18.3 Å². The topological polar surface area (TPSA) is 116 Å². The quantitative estimate of drug-likeness (QED) is 0.387. The normalized spacial score (nSPS) is 11.4. The molecule has 0 spiro atoms. The smallest absolute Gasteiger partial charge is 0.159 e. The van der Waals surface area contributed by atoms with Crippen LogP contribution in [0.4, 0.5) is 4.39 Å². The highest BCUT2D eigenvalue weighted by Crippen LogP contribution is 2.32. The van der Waals surface area contributed by atoms with Crippen molar-refractivity contribution in [1.82, 2.24) is 35.1 Å². The van der Waals surface area contributed by atoms with Gasteiger partial charge in [-0.3, -0.25) is 15.1 Å². The first-order valence-electron chi connectivity index (χ1n) is 9.75. The molecule has 6 aromatic rings. The van der Waals surface area contributed by atoms with E-state index in [1.807, 2.05) is 12.1 Å². The number of aromatic nitrogens is 7. The van der Waals surface area contributed by atoms with Crippen LogP contribution < -0.4 is 0 Å². The lowest BCUT2D eigenvalue weighted by atomic mass is 10.1. The first-order valence-corrected chi connectivity index (χ1v) is 9.75. The minimum absolute atomic E-state index is 0.0770. The molecule has 0 unspecified atom stereocenters. The largest absolute Gasteiger partial charge is 0.506 e. The Kier molecular flexibility index (Phi) is 3.94. The maximum Gasteiger partial charge on any atom is 0.159 e. The average molecular weight is 423 g/mol. The van der Waals surface area contributed by atoms with Gasteiger partial charge in [0.1, 0.15) is 22.8 Å². The monoisotopic (exact) mass is 423 g/mol. The Balaban J connectivity index is 1.50. The van der Waals surface area contributed by atoms with E-state index >= 15 is 0 Å². The van der Waals surface area contributed by atoms with E-state index in [9.17, 15) is 9.50 Å². The number of nitrogens with one attached hydrogen (secondary N) is 2. The maximum absolute atomic E-state index is 13.4. The average Bonchev–Trinajstić information content (AvgIpc) is 3.43. The van der Waals surface area contributed by atoms with Crippen molar-refractivity contribution >= 4 is 22.1 Å². The SMILES string of the molecule is Oc1cncc(-c2cnc3[nH]nc(-c4nc5c(-c6ccc(F)cc6)nccc5[nH]4)c3c2)c1. The molecule has 5 heterocycles. The number of hydrogen-bond acceptors (Lipinski definition) is 6. The zero-order valence-corrected chi connectivity index (χ0v) is 16.4. The number of aromatic hydroxyl groups is 1. The number of H-pyrrole nitrogens is 2. The summed E-state index contributed by atoms with van der Waals surface area (Å²) in [7, 11) is 0. The molecule has 0 saturated carbocycles. The molecule has 0 atom stereocenters. The second-order valence-corrected chi connectivity index (χ2v) is 7.27. The molecule has 6 rings (SSSR count). The summed E-state index contributed by atoms with van der Waals surface area (Å²) in [6.45, 7) is 0. The van der Waals surface area contributed by atoms with Gasteiger partial charge in [-0.15, -0.1) is 0 Å². The fourth-order valence-electron chi connectivity index (χ4n) is 3.69. The first kappa shape index (κ1) is 18.1. The van der Waals surface area contributed by atoms with Crippen molar-refractivity contribution in [2.24, 2.45) is 0 Å². The molecule has 0 aliphatic heterocycles. The predicted molar refractivity (Wildman–Crippen MR) is 117 cm³/mol. The van der Waals surface area contributed by atoms with Gasteiger partial charge in [-0.05, 0) is 42.5 Å². The molecule has 5 aromatic heterocycles. The number of nitrogens with zero attached hydrogens (tertiary/aromatic N) is 5. The van der Waals surface area contributed by atoms with Crippen LogP contribution in [0, 0.1) is 5.82 Å². The highest BCUT2D eigenvalue weighted by molar-refractivity contribution is 5.96. The van der Waals surface area contributed by atoms with Crippen LogP contribution in [-0.4, -0.2) is 40.2 Å². The number of pyridine rings is 3. The highest BCUT2D eigenvalue weighted by Gasteiger charge is 2.17. The number of halogens is 1. The van der Waals surface area contributed by atoms with Crippen molar-refractivity contribution in [3.05, 3.63) is 73.1 Å². The third-order valence-corrected chi connectivity index (χ3v) is 5.22. The molecule has 0 amide bonds. The summed E-state index contributed by atoms with van der Waals surface area (Å²) in [6, 6.07) is 11.5. The molecule has 8 nitrogen and oxygen atoms in total. The van der Waals surface area contributed by atoms with Crippen LogP contribution in [0.2, 0.25) is 0 Å². The zero-order valence-electron chi connectivity index (χ0n) is 16.4. The van der Waals surface area contributed by atoms with Crippen LogP contribution in [0.5, 0.6) is 5.75 Å². The van der Waals surface area contributed by atoms with Crippen molar-refractivity contribution in [1.29, 1.82) is 0 Å². The Morgan fingerprint density at radius 2 is 1.69 bits per heavy atom. The lowest BCUT2D eigenvalue weighted by Gasteiger charge is -2.02. The Morgan fingerprint density at radius 3 is 2.53 bits per heavy atom. The van der Waals surface area contributed by atoms with Gasteiger partial charge >= 0.3 is 0 Å². The van der Waals surface area contributed by atoms with Crippen molar-refractivity contribution in [3.63, 3.8) is 0 Å². The number of imidazole rings is 1. The second-order valence-electron chi connectivity index (χ2n) is 7.27. The van der Waals surface area contributed by atoms with Gasteiger partial charge in [0.15, 0.2) is 11.5 Å². The summed E-state index contributed by atoms with van der Waals surface area (Å²) in [6.07, 6.45) is 6.40. The van der Waals surface area contributed by atoms with E-state index in [2.05, 4.69) is 30.1 Å². The summed E-state index contributed by atoms with van der Waals surface area (Å²) in [5, 5.41) is 17.9. The molecule has 9 heteroatoms. The van der Waals surface area contributed by atoms with Gasteiger partial charge in [-0.25, -0.2) is 14.4 Å². The van der Waals surface area contributed by atoms with Gasteiger partial charge in [-0.1, -0.05) is 0 Å². The first-order chi connectivity index (χ1) is 15.7. The van der Waals surface area contributed by atoms with Crippen molar-refractivity contribution in [2.75, 3.05) is 0 Å². The van der Waals surface area contributed by atoms with E-state index in [0.29, 0.717) is 28.4 Å². The third-order valence-electron chi connectivity index (χ3n) is 5.22. The molecule has 0 aliphatic rings. The van der Waals surface area contributed by atoms with Crippen LogP contribution in [-0.2, 0) is 0 Å². The predicted octanol–water partition coefficient (Wildman–Crippen LogP) is 4.47. The maximum atomic E-state index is 13.4. The van der Waals surface area contributed by atoms with Crippen LogP contribution in [0.25, 0.3) is 56.0 Å². The van der Waals surface area contributed by atoms with Crippen molar-refractivity contribution in [3.8, 4) is 39.7 Å². The van der Waals surface area contributed by atoms with E-state index in [-0.39, 0.29) is 11.6 Å². The fourth-order valence-corrected chi connectivity index (χ4v) is 3.69. The van der Waals surface area contributed by atoms with Gasteiger partial charge in [0.05, 0.1) is 22.8 Å². The van der Waals surface area contributed by atoms with E-state index in [4.69, 9.17) is 4.98 Å². The van der Waals surface area contributed by atoms with Crippen molar-refractivity contribution < 1.29 is 9.50 Å². The summed E-state index contributed by atoms with van der Waals surface area (Å²) < 4.78 is 13.4. The van der Waals surface area contributed by atoms with Crippen LogP contribution in [0.15, 0.2) is 67.3 Å². The highest BCUT2D eigenvalue weighted by atomic mass is 19.1. The molecule has 0 bridgehead atoms. The molecule has 3 N–H and O–H groups in total. The lowest BCUT2D eigenvalue weighted by molar-refractivity contribution is 0.473. The molecular formula is C23H14FN7O. The minimum atomic E-state index is -0.308. The molecule has 0 saturated heterocycles. The zero-order chi connectivity index (χ0) is 21.7. The number of rotatable bonds is 3. The van der Waals surface area contributed by atoms with Gasteiger partial charge < -0.3 is 10.1 Å². The van der Waals surface area contributed by atoms with E-state index in [1.54, 1.807) is 36.8 Å². The molecule has 154 valence electrons. The third kappa shape index (κ3) is 2.95. The standard InChI is InChI=1S/C23H14FN7O/c24-15-3-1-12(2-4-15)19-21-18(5-6-26-19)28-23(29-21)20-17-8-14(10-27-22(17)31-30-20)13-7-16(32)11-25-9-13/h1-11,32H,(H,28,29)(H,27,30,31). The summed E-state index contributed by atoms with van der Waals surface area (Å²) in [5.74, 6) is 0.320. The van der Waals surface area contributed by atoms with Crippen LogP contribution in [0.3, 0.4) is 0 Å². The number of fused-ring (bicyclic) bond motifs is 2. The van der Waals surface area contributed by atoms with Gasteiger partial charge in [0.2, 0.25) is 0 Å². The van der Waals surface area contributed by atoms with Gasteiger partial charge in [0.25, 0.3) is 0 Å². The second kappa shape index (κ2) is 6.95. The molecule has 1 aromatic carbocycles. The lowest BCUT2D eigenvalue weighted by Crippen LogP contribution is -1.86. The summed E-state index contributed by atoms with van der Waals surface area (Å²) in [4.78, 5) is 21.0. The van der Waals surface area contributed by atoms with Crippen LogP contribution in [0.1, 0.15) is 0 Å². The summed E-state index contributed by atoms with van der Waals surface area (Å²) in [5.41, 5.74) is 5.58. The van der Waals surface area contributed by atoms with Gasteiger partial charge in [0, 0.05) is 35.3 Å². The molecule has 0 radical (unpaired) electrons. The fraction of sp³-hybridized carbons (Fsp3) is 0. The number of benzene rings is 1. The number of hydrogen-bond donors (Lipinski definition) is 3. The minimum Gasteiger partial charge on any atom is -0.506 e. The molecule has 0 aliphatic carbocycles. The Morgan fingerprint density at radius 1 is 0.844 bits per heavy atom. The molecular weight excluding hydrogens is 409 g/mol. The van der Waals surface area contributed by atoms with Gasteiger partial charge in [-0.2, -0.15) is 5.10 Å². The Bertz CT molecular complexity index is 1600. The molecule has 32 heavy (non-hydrogen) atoms. The van der Waals surface area contributed by atoms with Crippen LogP contribution >= 0.6 is 0 Å². The Hall–Kier alpha value is -4.66. The van der Waals surface area contributed by atoms with E-state index in [0.717, 1.165) is 27.6 Å². The number of aromatic amines is 2. The molecule has 0 fully saturated rings. The van der Waals surface area contributed by atoms with E-state index < -0.39 is 0 Å². The van der Waals surface area contributed by atoms with Crippen molar-refractivity contribution in [2.45, 2.75) is 0 Å².